The molecule has 0 aliphatic carbocycles. The Balaban J connectivity index is 1.31. The molecule has 2 unspecified atom stereocenters. The third-order valence-corrected chi connectivity index (χ3v) is 5.95. The molecule has 2 atom stereocenters. The van der Waals surface area contributed by atoms with Crippen molar-refractivity contribution >= 4 is 17.6 Å². The van der Waals surface area contributed by atoms with E-state index in [-0.39, 0.29) is 11.1 Å². The summed E-state index contributed by atoms with van der Waals surface area (Å²) in [5.74, 6) is 0.138. The largest absolute Gasteiger partial charge is 0.419 e. The molecule has 8 nitrogen and oxygen atoms in total. The third-order valence-electron chi connectivity index (χ3n) is 4.33. The van der Waals surface area contributed by atoms with Crippen molar-refractivity contribution in [2.24, 2.45) is 0 Å². The predicted octanol–water partition coefficient (Wildman–Crippen LogP) is 3.27. The Kier molecular flexibility index (Phi) is 5.01. The van der Waals surface area contributed by atoms with Crippen molar-refractivity contribution in [2.45, 2.75) is 42.7 Å². The average molecular weight is 393 g/mol. The van der Waals surface area contributed by atoms with Crippen LogP contribution in [0, 0.1) is 0 Å². The smallest absolute Gasteiger partial charge is 0.314 e. The number of hydrogen-bond donors (Lipinski definition) is 1. The second-order valence-electron chi connectivity index (χ2n) is 6.23. The lowest BCUT2D eigenvalue weighted by Gasteiger charge is -2.08. The fourth-order valence-electron chi connectivity index (χ4n) is 2.94. The number of nitrogens with two attached hydrogens (primary N) is 1. The van der Waals surface area contributed by atoms with Gasteiger partial charge < -0.3 is 10.2 Å². The number of hydrogen-bond acceptors (Lipinski definition) is 8. The number of anilines is 1. The van der Waals surface area contributed by atoms with E-state index in [4.69, 9.17) is 10.2 Å². The lowest BCUT2D eigenvalue weighted by molar-refractivity contribution is 0.113. The molecule has 1 aliphatic heterocycles. The van der Waals surface area contributed by atoms with Crippen LogP contribution in [0.5, 0.6) is 0 Å². The highest BCUT2D eigenvalue weighted by Gasteiger charge is 2.31. The fraction of sp³-hybridized carbons (Fsp3) is 0.438. The van der Waals surface area contributed by atoms with E-state index in [0.29, 0.717) is 17.6 Å². The molecule has 1 fully saturated rings. The molecule has 11 heteroatoms. The van der Waals surface area contributed by atoms with Gasteiger partial charge >= 0.3 is 6.43 Å². The van der Waals surface area contributed by atoms with E-state index in [2.05, 4.69) is 25.5 Å². The summed E-state index contributed by atoms with van der Waals surface area (Å²) in [4.78, 5) is 4.05. The van der Waals surface area contributed by atoms with Crippen LogP contribution in [0.3, 0.4) is 0 Å². The Labute approximate surface area is 157 Å². The SMILES string of the molecule is Nc1ccc(-c2cn(CCC3CCC(c4nnc(C(F)F)o4)S3)nn2)cn1. The number of rotatable bonds is 6. The minimum atomic E-state index is -2.73. The molecule has 3 aromatic heterocycles. The van der Waals surface area contributed by atoms with Crippen LogP contribution in [0.4, 0.5) is 14.6 Å². The van der Waals surface area contributed by atoms with Crippen molar-refractivity contribution in [3.8, 4) is 11.3 Å². The maximum atomic E-state index is 12.6. The molecule has 27 heavy (non-hydrogen) atoms. The molecule has 4 rings (SSSR count). The van der Waals surface area contributed by atoms with Gasteiger partial charge in [-0.05, 0) is 31.4 Å². The van der Waals surface area contributed by atoms with Crippen LogP contribution >= 0.6 is 11.8 Å². The number of nitrogen functional groups attached to an aromatic ring is 1. The van der Waals surface area contributed by atoms with Gasteiger partial charge in [-0.2, -0.15) is 8.78 Å². The topological polar surface area (TPSA) is 109 Å². The van der Waals surface area contributed by atoms with Gasteiger partial charge in [0.1, 0.15) is 11.5 Å². The first-order chi connectivity index (χ1) is 13.1. The van der Waals surface area contributed by atoms with E-state index in [1.165, 1.54) is 0 Å². The van der Waals surface area contributed by atoms with E-state index in [0.717, 1.165) is 30.5 Å². The summed E-state index contributed by atoms with van der Waals surface area (Å²) in [5.41, 5.74) is 7.19. The van der Waals surface area contributed by atoms with Crippen LogP contribution in [0.1, 0.15) is 42.7 Å². The van der Waals surface area contributed by atoms with Crippen LogP contribution in [0.2, 0.25) is 0 Å². The number of halogens is 2. The number of pyridine rings is 1. The zero-order chi connectivity index (χ0) is 18.8. The number of aromatic nitrogens is 6. The molecule has 0 saturated carbocycles. The Morgan fingerprint density at radius 1 is 1.26 bits per heavy atom. The second kappa shape index (κ2) is 7.59. The van der Waals surface area contributed by atoms with Crippen molar-refractivity contribution in [1.29, 1.82) is 0 Å². The monoisotopic (exact) mass is 393 g/mol. The molecule has 2 N–H and O–H groups in total. The molecule has 4 heterocycles. The first-order valence-corrected chi connectivity index (χ1v) is 9.41. The Hall–Kier alpha value is -2.56. The van der Waals surface area contributed by atoms with Gasteiger partial charge in [-0.25, -0.2) is 4.98 Å². The fourth-order valence-corrected chi connectivity index (χ4v) is 4.40. The van der Waals surface area contributed by atoms with Gasteiger partial charge in [-0.3, -0.25) is 4.68 Å². The Morgan fingerprint density at radius 3 is 2.89 bits per heavy atom. The quantitative estimate of drug-likeness (QED) is 0.680. The minimum absolute atomic E-state index is 0.0258. The molecule has 0 bridgehead atoms. The molecule has 0 aromatic carbocycles. The highest BCUT2D eigenvalue weighted by molar-refractivity contribution is 8.00. The molecule has 0 spiro atoms. The van der Waals surface area contributed by atoms with Crippen LogP contribution in [0.15, 0.2) is 28.9 Å². The Bertz CT molecular complexity index is 898. The molecular weight excluding hydrogens is 376 g/mol. The number of alkyl halides is 2. The molecule has 1 saturated heterocycles. The predicted molar refractivity (Wildman–Crippen MR) is 94.9 cm³/mol. The van der Waals surface area contributed by atoms with Gasteiger partial charge in [0.25, 0.3) is 5.89 Å². The average Bonchev–Trinajstić information content (AvgIpc) is 3.40. The standard InChI is InChI=1S/C16H17F2N7OS/c17-14(18)16-23-22-15(26-16)12-3-2-10(27-12)5-6-25-8-11(21-24-25)9-1-4-13(19)20-7-9/h1,4,7-8,10,12,14H,2-3,5-6H2,(H2,19,20). The molecule has 0 radical (unpaired) electrons. The van der Waals surface area contributed by atoms with Crippen LogP contribution in [0.25, 0.3) is 11.3 Å². The zero-order valence-electron chi connectivity index (χ0n) is 14.2. The van der Waals surface area contributed by atoms with Crippen LogP contribution in [-0.2, 0) is 6.54 Å². The van der Waals surface area contributed by atoms with Crippen LogP contribution < -0.4 is 5.73 Å². The van der Waals surface area contributed by atoms with Gasteiger partial charge in [-0.15, -0.1) is 27.1 Å². The van der Waals surface area contributed by atoms with E-state index < -0.39 is 12.3 Å². The minimum Gasteiger partial charge on any atom is -0.419 e. The first kappa shape index (κ1) is 17.8. The van der Waals surface area contributed by atoms with Crippen molar-refractivity contribution in [1.82, 2.24) is 30.2 Å². The van der Waals surface area contributed by atoms with Crippen molar-refractivity contribution in [3.63, 3.8) is 0 Å². The summed E-state index contributed by atoms with van der Waals surface area (Å²) >= 11 is 1.69. The van der Waals surface area contributed by atoms with E-state index in [1.54, 1.807) is 28.7 Å². The first-order valence-electron chi connectivity index (χ1n) is 8.47. The maximum Gasteiger partial charge on any atom is 0.314 e. The molecule has 142 valence electrons. The van der Waals surface area contributed by atoms with Gasteiger partial charge in [0.05, 0.1) is 11.4 Å². The summed E-state index contributed by atoms with van der Waals surface area (Å²) in [5, 5.41) is 15.8. The van der Waals surface area contributed by atoms with Crippen molar-refractivity contribution < 1.29 is 13.2 Å². The summed E-state index contributed by atoms with van der Waals surface area (Å²) in [7, 11) is 0. The van der Waals surface area contributed by atoms with Crippen molar-refractivity contribution in [2.75, 3.05) is 5.73 Å². The highest BCUT2D eigenvalue weighted by atomic mass is 32.2. The third kappa shape index (κ3) is 4.07. The van der Waals surface area contributed by atoms with Gasteiger partial charge in [0, 0.05) is 23.6 Å². The highest BCUT2D eigenvalue weighted by Crippen LogP contribution is 2.45. The summed E-state index contributed by atoms with van der Waals surface area (Å²) < 4.78 is 32.0. The molecular formula is C16H17F2N7OS. The normalized spacial score (nSPS) is 19.8. The van der Waals surface area contributed by atoms with Gasteiger partial charge in [0.2, 0.25) is 5.89 Å². The lowest BCUT2D eigenvalue weighted by atomic mass is 10.1. The second-order valence-corrected chi connectivity index (χ2v) is 7.74. The van der Waals surface area contributed by atoms with Crippen molar-refractivity contribution in [3.05, 3.63) is 36.3 Å². The van der Waals surface area contributed by atoms with E-state index >= 15 is 0 Å². The van der Waals surface area contributed by atoms with E-state index in [1.807, 2.05) is 12.3 Å². The summed E-state index contributed by atoms with van der Waals surface area (Å²) in [6.07, 6.45) is 3.49. The summed E-state index contributed by atoms with van der Waals surface area (Å²) in [6, 6.07) is 3.58. The van der Waals surface area contributed by atoms with Crippen LogP contribution in [-0.4, -0.2) is 35.4 Å². The van der Waals surface area contributed by atoms with E-state index in [9.17, 15) is 8.78 Å². The maximum absolute atomic E-state index is 12.6. The Morgan fingerprint density at radius 2 is 2.15 bits per heavy atom. The number of nitrogens with zero attached hydrogens (tertiary/aromatic N) is 6. The zero-order valence-corrected chi connectivity index (χ0v) is 15.0. The summed E-state index contributed by atoms with van der Waals surface area (Å²) in [6.45, 7) is 0.714. The van der Waals surface area contributed by atoms with Gasteiger partial charge in [0.15, 0.2) is 0 Å². The molecule has 1 aliphatic rings. The number of thioether (sulfide) groups is 1. The number of aryl methyl sites for hydroxylation is 1. The van der Waals surface area contributed by atoms with Gasteiger partial charge in [-0.1, -0.05) is 5.21 Å². The molecule has 0 amide bonds. The molecule has 3 aromatic rings. The lowest BCUT2D eigenvalue weighted by Crippen LogP contribution is -2.06.